The number of pyridine rings is 1. The van der Waals surface area contributed by atoms with Gasteiger partial charge in [-0.2, -0.15) is 18.4 Å². The molecule has 1 saturated heterocycles. The number of nitrogens with one attached hydrogen (secondary N) is 2. The van der Waals surface area contributed by atoms with Crippen LogP contribution in [-0.4, -0.2) is 43.9 Å². The van der Waals surface area contributed by atoms with Gasteiger partial charge in [-0.15, -0.1) is 0 Å². The van der Waals surface area contributed by atoms with E-state index in [1.807, 2.05) is 0 Å². The lowest BCUT2D eigenvalue weighted by atomic mass is 9.88. The van der Waals surface area contributed by atoms with Crippen molar-refractivity contribution in [3.63, 3.8) is 0 Å². The van der Waals surface area contributed by atoms with Gasteiger partial charge < -0.3 is 10.4 Å². The number of aliphatic hydroxyl groups is 1. The van der Waals surface area contributed by atoms with Crippen molar-refractivity contribution in [3.05, 3.63) is 104 Å². The third-order valence-electron chi connectivity index (χ3n) is 7.82. The minimum atomic E-state index is -4.93. The third-order valence-corrected chi connectivity index (χ3v) is 7.82. The molecule has 0 aliphatic carbocycles. The maximum atomic E-state index is 15.3. The van der Waals surface area contributed by atoms with E-state index in [-0.39, 0.29) is 11.1 Å². The van der Waals surface area contributed by atoms with Gasteiger partial charge in [-0.1, -0.05) is 18.2 Å². The molecule has 0 saturated carbocycles. The fourth-order valence-electron chi connectivity index (χ4n) is 5.48. The number of amides is 2. The summed E-state index contributed by atoms with van der Waals surface area (Å²) in [5, 5.41) is 35.7. The van der Waals surface area contributed by atoms with Crippen LogP contribution in [0.1, 0.15) is 48.2 Å². The molecule has 0 radical (unpaired) electrons. The van der Waals surface area contributed by atoms with Gasteiger partial charge in [0.1, 0.15) is 17.4 Å². The normalized spacial score (nSPS) is 19.0. The number of hydrazine groups is 1. The molecule has 2 aliphatic heterocycles. The molecular weight excluding hydrogens is 607 g/mol. The molecule has 1 aromatic heterocycles. The largest absolute Gasteiger partial charge is 0.509 e. The number of hydrogen-bond acceptors (Lipinski definition) is 8. The number of rotatable bonds is 6. The topological polar surface area (TPSA) is 161 Å². The highest BCUT2D eigenvalue weighted by molar-refractivity contribution is 6.19. The Bertz CT molecular complexity index is 1840. The van der Waals surface area contributed by atoms with Crippen molar-refractivity contribution in [2.75, 3.05) is 6.54 Å². The molecule has 16 heteroatoms. The van der Waals surface area contributed by atoms with E-state index in [9.17, 15) is 47.6 Å². The molecule has 0 spiro atoms. The van der Waals surface area contributed by atoms with Gasteiger partial charge in [-0.05, 0) is 49.1 Å². The lowest BCUT2D eigenvalue weighted by Gasteiger charge is -2.39. The summed E-state index contributed by atoms with van der Waals surface area (Å²) in [5.74, 6) is -5.73. The van der Waals surface area contributed by atoms with Crippen LogP contribution in [0.3, 0.4) is 0 Å². The second kappa shape index (κ2) is 11.2. The smallest absolute Gasteiger partial charge is 0.416 e. The highest BCUT2D eigenvalue weighted by atomic mass is 19.4. The zero-order chi connectivity index (χ0) is 32.8. The molecule has 232 valence electrons. The fraction of sp³-hybridized carbons (Fsp3) is 0.241. The SMILES string of the molecule is C[C@]12CCCN1NC(=O)C(C(=O)NC(c1ccc(C(F)(F)F)cc1-c1cnc(C#N)c([N+](=O)[O-])c1)c1cccc(F)c1F)=C2O. The number of carbonyl (C=O) groups excluding carboxylic acids is 2. The molecule has 2 amide bonds. The van der Waals surface area contributed by atoms with Crippen molar-refractivity contribution in [3.8, 4) is 17.2 Å². The quantitative estimate of drug-likeness (QED) is 0.153. The molecule has 3 aromatic rings. The van der Waals surface area contributed by atoms with Crippen LogP contribution in [0.25, 0.3) is 11.1 Å². The number of halogens is 5. The van der Waals surface area contributed by atoms with Gasteiger partial charge in [0.25, 0.3) is 11.8 Å². The number of nitro groups is 1. The third kappa shape index (κ3) is 5.42. The average molecular weight is 629 g/mol. The van der Waals surface area contributed by atoms with Crippen molar-refractivity contribution < 1.29 is 41.6 Å². The van der Waals surface area contributed by atoms with Crippen LogP contribution in [0.15, 0.2) is 60.0 Å². The molecule has 45 heavy (non-hydrogen) atoms. The van der Waals surface area contributed by atoms with E-state index in [2.05, 4.69) is 15.7 Å². The molecule has 2 aromatic carbocycles. The Morgan fingerprint density at radius 3 is 2.64 bits per heavy atom. The molecular formula is C29H21F5N6O5. The van der Waals surface area contributed by atoms with E-state index in [0.29, 0.717) is 31.5 Å². The zero-order valence-electron chi connectivity index (χ0n) is 23.1. The van der Waals surface area contributed by atoms with Gasteiger partial charge in [0, 0.05) is 29.9 Å². The van der Waals surface area contributed by atoms with E-state index in [0.717, 1.165) is 36.5 Å². The first kappa shape index (κ1) is 31.0. The number of carbonyl (C=O) groups is 2. The maximum absolute atomic E-state index is 15.3. The number of benzene rings is 2. The van der Waals surface area contributed by atoms with Crippen LogP contribution in [0.5, 0.6) is 0 Å². The van der Waals surface area contributed by atoms with Crippen LogP contribution < -0.4 is 10.7 Å². The van der Waals surface area contributed by atoms with Crippen LogP contribution in [-0.2, 0) is 15.8 Å². The molecule has 5 rings (SSSR count). The Morgan fingerprint density at radius 2 is 1.98 bits per heavy atom. The van der Waals surface area contributed by atoms with Crippen molar-refractivity contribution in [1.82, 2.24) is 20.7 Å². The Hall–Kier alpha value is -5.43. The molecule has 3 N–H and O–H groups in total. The van der Waals surface area contributed by atoms with E-state index in [4.69, 9.17) is 0 Å². The number of nitrogens with zero attached hydrogens (tertiary/aromatic N) is 4. The lowest BCUT2D eigenvalue weighted by Crippen LogP contribution is -2.59. The summed E-state index contributed by atoms with van der Waals surface area (Å²) in [6.45, 7) is 1.95. The van der Waals surface area contributed by atoms with Crippen LogP contribution >= 0.6 is 0 Å². The predicted molar refractivity (Wildman–Crippen MR) is 145 cm³/mol. The number of alkyl halides is 3. The molecule has 2 atom stereocenters. The van der Waals surface area contributed by atoms with Gasteiger partial charge in [0.2, 0.25) is 5.69 Å². The first-order valence-electron chi connectivity index (χ1n) is 13.2. The van der Waals surface area contributed by atoms with Crippen molar-refractivity contribution >= 4 is 17.5 Å². The second-order valence-electron chi connectivity index (χ2n) is 10.5. The minimum Gasteiger partial charge on any atom is -0.509 e. The van der Waals surface area contributed by atoms with Crippen LogP contribution in [0, 0.1) is 33.1 Å². The number of aliphatic hydroxyl groups excluding tert-OH is 1. The van der Waals surface area contributed by atoms with E-state index in [1.165, 1.54) is 11.1 Å². The van der Waals surface area contributed by atoms with E-state index < -0.39 is 85.5 Å². The molecule has 1 unspecified atom stereocenters. The van der Waals surface area contributed by atoms with Crippen LogP contribution in [0.2, 0.25) is 0 Å². The average Bonchev–Trinajstić information content (AvgIpc) is 3.37. The molecule has 1 fully saturated rings. The summed E-state index contributed by atoms with van der Waals surface area (Å²) in [7, 11) is 0. The van der Waals surface area contributed by atoms with E-state index in [1.54, 1.807) is 6.92 Å². The molecule has 11 nitrogen and oxygen atoms in total. The lowest BCUT2D eigenvalue weighted by molar-refractivity contribution is -0.385. The van der Waals surface area contributed by atoms with Gasteiger partial charge >= 0.3 is 11.9 Å². The number of aromatic nitrogens is 1. The Labute approximate surface area is 250 Å². The molecule has 2 aliphatic rings. The van der Waals surface area contributed by atoms with Gasteiger partial charge in [0.15, 0.2) is 11.6 Å². The highest BCUT2D eigenvalue weighted by Crippen LogP contribution is 2.41. The minimum absolute atomic E-state index is 0.313. The van der Waals surface area contributed by atoms with Gasteiger partial charge in [-0.3, -0.25) is 25.1 Å². The summed E-state index contributed by atoms with van der Waals surface area (Å²) >= 11 is 0. The monoisotopic (exact) mass is 628 g/mol. The Balaban J connectivity index is 1.73. The van der Waals surface area contributed by atoms with Crippen LogP contribution in [0.4, 0.5) is 27.6 Å². The molecule has 3 heterocycles. The predicted octanol–water partition coefficient (Wildman–Crippen LogP) is 4.74. The van der Waals surface area contributed by atoms with E-state index >= 15 is 4.39 Å². The summed E-state index contributed by atoms with van der Waals surface area (Å²) < 4.78 is 71.3. The first-order valence-corrected chi connectivity index (χ1v) is 13.2. The van der Waals surface area contributed by atoms with Gasteiger partial charge in [-0.25, -0.2) is 18.8 Å². The highest BCUT2D eigenvalue weighted by Gasteiger charge is 2.49. The summed E-state index contributed by atoms with van der Waals surface area (Å²) in [5.41, 5.74) is -3.80. The molecule has 0 bridgehead atoms. The second-order valence-corrected chi connectivity index (χ2v) is 10.5. The maximum Gasteiger partial charge on any atom is 0.416 e. The summed E-state index contributed by atoms with van der Waals surface area (Å²) in [6, 6.07) is 5.37. The Kier molecular flexibility index (Phi) is 7.75. The number of fused-ring (bicyclic) bond motifs is 1. The Morgan fingerprint density at radius 1 is 1.24 bits per heavy atom. The standard InChI is InChI=1S/C29H21F5N6O5/c1-28-8-3-9-39(28)38-27(43)22(25(28)41)26(42)37-24(17-4-2-5-19(30)23(17)31)16-7-6-15(29(32,33)34)11-18(16)14-10-21(40(44)45)20(12-35)36-13-14/h2,4-7,10-11,13,24,41H,3,8-9H2,1H3,(H,37,42)(H,38,43)/t24?,28-/m1/s1. The summed E-state index contributed by atoms with van der Waals surface area (Å²) in [4.78, 5) is 40.9. The summed E-state index contributed by atoms with van der Waals surface area (Å²) in [6.07, 6.45) is -3.14. The van der Waals surface area contributed by atoms with Crippen molar-refractivity contribution in [2.45, 2.75) is 37.5 Å². The van der Waals surface area contributed by atoms with Gasteiger partial charge in [0.05, 0.1) is 22.1 Å². The number of nitriles is 1. The van der Waals surface area contributed by atoms with Crippen molar-refractivity contribution in [2.24, 2.45) is 0 Å². The fourth-order valence-corrected chi connectivity index (χ4v) is 5.48. The van der Waals surface area contributed by atoms with Crippen molar-refractivity contribution in [1.29, 1.82) is 5.26 Å². The first-order chi connectivity index (χ1) is 21.2. The zero-order valence-corrected chi connectivity index (χ0v) is 23.1. The number of hydrogen-bond donors (Lipinski definition) is 3.